The van der Waals surface area contributed by atoms with E-state index in [2.05, 4.69) is 5.32 Å². The third-order valence-electron chi connectivity index (χ3n) is 2.99. The summed E-state index contributed by atoms with van der Waals surface area (Å²) in [5.41, 5.74) is 0.354. The van der Waals surface area contributed by atoms with Gasteiger partial charge in [0, 0.05) is 11.0 Å². The number of ether oxygens (including phenoxy) is 1. The molecule has 0 atom stereocenters. The van der Waals surface area contributed by atoms with Crippen LogP contribution in [0, 0.1) is 11.3 Å². The lowest BCUT2D eigenvalue weighted by Gasteiger charge is -2.10. The smallest absolute Gasteiger partial charge is 0.342 e. The van der Waals surface area contributed by atoms with Gasteiger partial charge in [-0.05, 0) is 24.3 Å². The summed E-state index contributed by atoms with van der Waals surface area (Å²) in [4.78, 5) is 24.5. The monoisotopic (exact) mass is 358 g/mol. The summed E-state index contributed by atoms with van der Waals surface area (Å²) in [5, 5.41) is 30.0. The van der Waals surface area contributed by atoms with E-state index in [0.29, 0.717) is 5.69 Å². The predicted octanol–water partition coefficient (Wildman–Crippen LogP) is 2.51. The first kappa shape index (κ1) is 18.2. The van der Waals surface area contributed by atoms with Gasteiger partial charge in [0.05, 0.1) is 17.5 Å². The van der Waals surface area contributed by atoms with Crippen LogP contribution in [-0.4, -0.2) is 34.4 Å². The van der Waals surface area contributed by atoms with Crippen molar-refractivity contribution in [3.05, 3.63) is 48.0 Å². The maximum Gasteiger partial charge on any atom is 0.342 e. The van der Waals surface area contributed by atoms with E-state index in [0.717, 1.165) is 11.0 Å². The zero-order valence-electron chi connectivity index (χ0n) is 12.9. The van der Waals surface area contributed by atoms with Crippen molar-refractivity contribution in [3.8, 4) is 17.6 Å². The number of phenols is 2. The second-order valence-corrected chi connectivity index (χ2v) is 5.79. The molecule has 2 aromatic carbocycles. The molecule has 25 heavy (non-hydrogen) atoms. The Hall–Kier alpha value is -3.18. The Morgan fingerprint density at radius 2 is 1.96 bits per heavy atom. The number of hydrogen-bond acceptors (Lipinski definition) is 7. The van der Waals surface area contributed by atoms with Crippen LogP contribution in [0.1, 0.15) is 10.4 Å². The summed E-state index contributed by atoms with van der Waals surface area (Å²) in [6, 6.07) is 12.4. The van der Waals surface area contributed by atoms with Gasteiger partial charge in [-0.1, -0.05) is 12.1 Å². The molecule has 0 bridgehead atoms. The quantitative estimate of drug-likeness (QED) is 0.536. The number of benzene rings is 2. The fourth-order valence-electron chi connectivity index (χ4n) is 1.89. The molecule has 7 nitrogen and oxygen atoms in total. The lowest BCUT2D eigenvalue weighted by molar-refractivity contribution is -0.119. The molecule has 2 rings (SSSR count). The highest BCUT2D eigenvalue weighted by molar-refractivity contribution is 7.99. The Morgan fingerprint density at radius 1 is 1.20 bits per heavy atom. The van der Waals surface area contributed by atoms with Crippen molar-refractivity contribution in [2.45, 2.75) is 4.90 Å². The number of phenolic OH excluding ortho intramolecular Hbond substituents is 2. The summed E-state index contributed by atoms with van der Waals surface area (Å²) < 4.78 is 4.85. The zero-order chi connectivity index (χ0) is 18.2. The normalized spacial score (nSPS) is 9.88. The third kappa shape index (κ3) is 5.16. The van der Waals surface area contributed by atoms with Crippen molar-refractivity contribution in [2.75, 3.05) is 17.7 Å². The van der Waals surface area contributed by atoms with Crippen LogP contribution in [0.25, 0.3) is 0 Å². The van der Waals surface area contributed by atoms with E-state index >= 15 is 0 Å². The highest BCUT2D eigenvalue weighted by Crippen LogP contribution is 2.26. The molecule has 8 heteroatoms. The number of nitriles is 1. The average Bonchev–Trinajstić information content (AvgIpc) is 2.59. The van der Waals surface area contributed by atoms with Crippen molar-refractivity contribution in [1.82, 2.24) is 0 Å². The molecule has 0 unspecified atom stereocenters. The first-order valence-corrected chi connectivity index (χ1v) is 8.07. The minimum absolute atomic E-state index is 0.157. The first-order chi connectivity index (χ1) is 12.0. The number of nitrogens with one attached hydrogen (secondary N) is 1. The van der Waals surface area contributed by atoms with Crippen molar-refractivity contribution >= 4 is 29.3 Å². The van der Waals surface area contributed by atoms with Crippen molar-refractivity contribution in [1.29, 1.82) is 5.26 Å². The molecule has 0 fully saturated rings. The number of carbonyl (C=O) groups is 2. The second kappa shape index (κ2) is 8.61. The van der Waals surface area contributed by atoms with Gasteiger partial charge in [0.15, 0.2) is 6.61 Å². The molecule has 0 aliphatic carbocycles. The van der Waals surface area contributed by atoms with Crippen molar-refractivity contribution in [2.24, 2.45) is 0 Å². The number of hydrogen-bond donors (Lipinski definition) is 3. The minimum atomic E-state index is -0.889. The number of nitrogens with zero attached hydrogens (tertiary/aromatic N) is 1. The first-order valence-electron chi connectivity index (χ1n) is 7.09. The Bertz CT molecular complexity index is 832. The van der Waals surface area contributed by atoms with Crippen LogP contribution in [0.5, 0.6) is 11.5 Å². The number of anilines is 1. The Kier molecular flexibility index (Phi) is 6.26. The van der Waals surface area contributed by atoms with Crippen LogP contribution in [0.15, 0.2) is 47.4 Å². The summed E-state index contributed by atoms with van der Waals surface area (Å²) in [5.74, 6) is -1.85. The van der Waals surface area contributed by atoms with Gasteiger partial charge in [-0.3, -0.25) is 4.79 Å². The largest absolute Gasteiger partial charge is 0.508 e. The maximum absolute atomic E-state index is 11.9. The van der Waals surface area contributed by atoms with Crippen LogP contribution in [0.3, 0.4) is 0 Å². The predicted molar refractivity (Wildman–Crippen MR) is 91.5 cm³/mol. The van der Waals surface area contributed by atoms with E-state index in [4.69, 9.17) is 10.00 Å². The Labute approximate surface area is 147 Å². The molecular weight excluding hydrogens is 344 g/mol. The maximum atomic E-state index is 11.9. The molecule has 0 aromatic heterocycles. The SMILES string of the molecule is N#CCSc1ccccc1NC(=O)COC(=O)c1ccc(O)cc1O. The van der Waals surface area contributed by atoms with Gasteiger partial charge in [-0.25, -0.2) is 4.79 Å². The topological polar surface area (TPSA) is 120 Å². The second-order valence-electron chi connectivity index (χ2n) is 4.77. The number of aromatic hydroxyl groups is 2. The van der Waals surface area contributed by atoms with Gasteiger partial charge < -0.3 is 20.3 Å². The van der Waals surface area contributed by atoms with Crippen LogP contribution in [-0.2, 0) is 9.53 Å². The Balaban J connectivity index is 1.95. The lowest BCUT2D eigenvalue weighted by Crippen LogP contribution is -2.21. The van der Waals surface area contributed by atoms with E-state index in [1.54, 1.807) is 24.3 Å². The number of amides is 1. The number of rotatable bonds is 6. The molecule has 0 saturated heterocycles. The Morgan fingerprint density at radius 3 is 2.68 bits per heavy atom. The summed E-state index contributed by atoms with van der Waals surface area (Å²) in [7, 11) is 0. The molecule has 0 radical (unpaired) electrons. The van der Waals surface area contributed by atoms with Crippen molar-refractivity contribution in [3.63, 3.8) is 0 Å². The average molecular weight is 358 g/mol. The van der Waals surface area contributed by atoms with Crippen molar-refractivity contribution < 1.29 is 24.5 Å². The number of esters is 1. The lowest BCUT2D eigenvalue weighted by atomic mass is 10.2. The summed E-state index contributed by atoms with van der Waals surface area (Å²) in [6.45, 7) is -0.545. The fraction of sp³-hybridized carbons (Fsp3) is 0.118. The third-order valence-corrected chi connectivity index (χ3v) is 3.93. The fourth-order valence-corrected chi connectivity index (χ4v) is 2.56. The molecule has 0 aliphatic heterocycles. The summed E-state index contributed by atoms with van der Waals surface area (Å²) >= 11 is 1.27. The van der Waals surface area contributed by atoms with Gasteiger partial charge in [0.1, 0.15) is 17.1 Å². The van der Waals surface area contributed by atoms with Crippen LogP contribution < -0.4 is 5.32 Å². The minimum Gasteiger partial charge on any atom is -0.508 e. The number of thioether (sulfide) groups is 1. The van der Waals surface area contributed by atoms with Gasteiger partial charge in [0.2, 0.25) is 0 Å². The van der Waals surface area contributed by atoms with E-state index in [1.165, 1.54) is 23.9 Å². The van der Waals surface area contributed by atoms with E-state index in [1.807, 2.05) is 6.07 Å². The molecule has 0 spiro atoms. The van der Waals surface area contributed by atoms with E-state index in [-0.39, 0.29) is 17.1 Å². The molecular formula is C17H14N2O5S. The zero-order valence-corrected chi connectivity index (χ0v) is 13.7. The molecule has 3 N–H and O–H groups in total. The number of carbonyl (C=O) groups excluding carboxylic acids is 2. The standard InChI is InChI=1S/C17H14N2O5S/c18-7-8-25-15-4-2-1-3-13(15)19-16(22)10-24-17(23)12-6-5-11(20)9-14(12)21/h1-6,9,20-21H,8,10H2,(H,19,22). The molecule has 2 aromatic rings. The molecule has 0 heterocycles. The molecule has 0 saturated carbocycles. The van der Waals surface area contributed by atoms with Gasteiger partial charge >= 0.3 is 5.97 Å². The van der Waals surface area contributed by atoms with Crippen LogP contribution in [0.4, 0.5) is 5.69 Å². The van der Waals surface area contributed by atoms with Crippen LogP contribution >= 0.6 is 11.8 Å². The van der Waals surface area contributed by atoms with Gasteiger partial charge in [-0.2, -0.15) is 5.26 Å². The molecule has 0 aliphatic rings. The van der Waals surface area contributed by atoms with Crippen LogP contribution in [0.2, 0.25) is 0 Å². The molecule has 128 valence electrons. The highest BCUT2D eigenvalue weighted by Gasteiger charge is 2.15. The highest BCUT2D eigenvalue weighted by atomic mass is 32.2. The summed E-state index contributed by atoms with van der Waals surface area (Å²) in [6.07, 6.45) is 0. The van der Waals surface area contributed by atoms with Gasteiger partial charge in [-0.15, -0.1) is 11.8 Å². The van der Waals surface area contributed by atoms with E-state index in [9.17, 15) is 19.8 Å². The molecule has 1 amide bonds. The van der Waals surface area contributed by atoms with Gasteiger partial charge in [0.25, 0.3) is 5.91 Å². The van der Waals surface area contributed by atoms with E-state index < -0.39 is 24.2 Å². The number of para-hydroxylation sites is 1.